The zero-order valence-electron chi connectivity index (χ0n) is 10.1. The molecule has 0 bridgehead atoms. The molecular weight excluding hydrogens is 222 g/mol. The number of nitrogens with zero attached hydrogens (tertiary/aromatic N) is 1. The molecule has 5 heteroatoms. The summed E-state index contributed by atoms with van der Waals surface area (Å²) in [7, 11) is 0. The highest BCUT2D eigenvalue weighted by atomic mass is 16.5. The number of rotatable bonds is 6. The van der Waals surface area contributed by atoms with Gasteiger partial charge in [0.1, 0.15) is 0 Å². The van der Waals surface area contributed by atoms with Gasteiger partial charge in [-0.15, -0.1) is 0 Å². The highest BCUT2D eigenvalue weighted by Gasteiger charge is 2.18. The van der Waals surface area contributed by atoms with Gasteiger partial charge in [-0.3, -0.25) is 4.79 Å². The van der Waals surface area contributed by atoms with Crippen molar-refractivity contribution in [2.45, 2.75) is 33.2 Å². The third-order valence-electron chi connectivity index (χ3n) is 2.36. The van der Waals surface area contributed by atoms with Crippen LogP contribution in [0.3, 0.4) is 0 Å². The lowest BCUT2D eigenvalue weighted by Crippen LogP contribution is -2.13. The van der Waals surface area contributed by atoms with Crippen LogP contribution in [0.15, 0.2) is 12.3 Å². The van der Waals surface area contributed by atoms with Gasteiger partial charge in [0.2, 0.25) is 0 Å². The number of carboxylic acid groups (broad SMARTS) is 1. The maximum Gasteiger partial charge on any atom is 0.339 e. The highest BCUT2D eigenvalue weighted by molar-refractivity contribution is 5.92. The Bertz CT molecular complexity index is 409. The van der Waals surface area contributed by atoms with Crippen LogP contribution in [0.1, 0.15) is 36.3 Å². The molecule has 0 aliphatic heterocycles. The summed E-state index contributed by atoms with van der Waals surface area (Å²) in [5.74, 6) is -1.41. The van der Waals surface area contributed by atoms with Gasteiger partial charge >= 0.3 is 11.9 Å². The van der Waals surface area contributed by atoms with Crippen molar-refractivity contribution in [3.05, 3.63) is 23.5 Å². The van der Waals surface area contributed by atoms with E-state index in [4.69, 9.17) is 9.84 Å². The molecule has 5 nitrogen and oxygen atoms in total. The number of carbonyl (C=O) groups excluding carboxylic acids is 1. The third-order valence-corrected chi connectivity index (χ3v) is 2.36. The van der Waals surface area contributed by atoms with Crippen molar-refractivity contribution in [1.29, 1.82) is 0 Å². The number of aryl methyl sites for hydroxylation is 1. The van der Waals surface area contributed by atoms with E-state index in [0.29, 0.717) is 17.8 Å². The van der Waals surface area contributed by atoms with Crippen molar-refractivity contribution < 1.29 is 19.4 Å². The van der Waals surface area contributed by atoms with Gasteiger partial charge in [-0.1, -0.05) is 6.92 Å². The van der Waals surface area contributed by atoms with Crippen molar-refractivity contribution in [1.82, 2.24) is 4.57 Å². The maximum absolute atomic E-state index is 11.6. The number of aromatic nitrogens is 1. The molecule has 0 fully saturated rings. The number of esters is 1. The molecule has 0 amide bonds. The first-order chi connectivity index (χ1) is 8.10. The summed E-state index contributed by atoms with van der Waals surface area (Å²) >= 11 is 0. The van der Waals surface area contributed by atoms with Gasteiger partial charge in [0, 0.05) is 18.4 Å². The average molecular weight is 239 g/mol. The van der Waals surface area contributed by atoms with Gasteiger partial charge in [-0.2, -0.15) is 0 Å². The first-order valence-electron chi connectivity index (χ1n) is 5.67. The molecule has 0 aliphatic rings. The number of carboxylic acids is 1. The summed E-state index contributed by atoms with van der Waals surface area (Å²) in [5.41, 5.74) is 0.862. The Balaban J connectivity index is 3.03. The Morgan fingerprint density at radius 2 is 2.12 bits per heavy atom. The number of aliphatic carboxylic acids is 1. The van der Waals surface area contributed by atoms with Crippen LogP contribution in [-0.4, -0.2) is 28.2 Å². The Hall–Kier alpha value is -1.78. The quantitative estimate of drug-likeness (QED) is 0.767. The summed E-state index contributed by atoms with van der Waals surface area (Å²) in [5, 5.41) is 8.85. The fraction of sp³-hybridized carbons (Fsp3) is 0.500. The number of hydrogen-bond acceptors (Lipinski definition) is 3. The third kappa shape index (κ3) is 3.34. The van der Waals surface area contributed by atoms with Crippen LogP contribution in [0.25, 0.3) is 0 Å². The lowest BCUT2D eigenvalue weighted by molar-refractivity contribution is -0.136. The molecule has 1 aromatic rings. The molecule has 1 aromatic heterocycles. The van der Waals surface area contributed by atoms with E-state index in [1.807, 2.05) is 6.92 Å². The van der Waals surface area contributed by atoms with Crippen LogP contribution in [0.5, 0.6) is 0 Å². The first-order valence-corrected chi connectivity index (χ1v) is 5.67. The van der Waals surface area contributed by atoms with Crippen molar-refractivity contribution in [2.75, 3.05) is 6.61 Å². The maximum atomic E-state index is 11.6. The minimum Gasteiger partial charge on any atom is -0.481 e. The van der Waals surface area contributed by atoms with Crippen molar-refractivity contribution in [3.63, 3.8) is 0 Å². The van der Waals surface area contributed by atoms with Gasteiger partial charge in [0.25, 0.3) is 0 Å². The molecule has 0 saturated carbocycles. The van der Waals surface area contributed by atoms with Crippen LogP contribution in [0.2, 0.25) is 0 Å². The Morgan fingerprint density at radius 3 is 2.65 bits per heavy atom. The lowest BCUT2D eigenvalue weighted by atomic mass is 10.2. The predicted molar refractivity (Wildman–Crippen MR) is 62.0 cm³/mol. The highest BCUT2D eigenvalue weighted by Crippen LogP contribution is 2.14. The SMILES string of the molecule is CCCn1ccc(C(=O)OCC)c1CC(=O)O. The number of ether oxygens (including phenoxy) is 1. The Labute approximate surface area is 100 Å². The molecule has 1 heterocycles. The molecule has 0 atom stereocenters. The van der Waals surface area contributed by atoms with Gasteiger partial charge in [-0.25, -0.2) is 4.79 Å². The molecule has 0 saturated heterocycles. The van der Waals surface area contributed by atoms with E-state index < -0.39 is 11.9 Å². The molecule has 0 spiro atoms. The van der Waals surface area contributed by atoms with E-state index in [1.165, 1.54) is 0 Å². The van der Waals surface area contributed by atoms with Crippen LogP contribution < -0.4 is 0 Å². The monoisotopic (exact) mass is 239 g/mol. The van der Waals surface area contributed by atoms with E-state index in [-0.39, 0.29) is 13.0 Å². The van der Waals surface area contributed by atoms with E-state index in [2.05, 4.69) is 0 Å². The van der Waals surface area contributed by atoms with E-state index in [0.717, 1.165) is 6.42 Å². The molecular formula is C12H17NO4. The van der Waals surface area contributed by atoms with E-state index in [9.17, 15) is 9.59 Å². The second kappa shape index (κ2) is 6.08. The zero-order chi connectivity index (χ0) is 12.8. The molecule has 17 heavy (non-hydrogen) atoms. The van der Waals surface area contributed by atoms with Crippen LogP contribution in [0.4, 0.5) is 0 Å². The molecule has 1 rings (SSSR count). The fourth-order valence-electron chi connectivity index (χ4n) is 1.69. The molecule has 0 unspecified atom stereocenters. The largest absolute Gasteiger partial charge is 0.481 e. The molecule has 0 aliphatic carbocycles. The minimum atomic E-state index is -0.952. The Kier molecular flexibility index (Phi) is 4.75. The average Bonchev–Trinajstić information content (AvgIpc) is 2.62. The summed E-state index contributed by atoms with van der Waals surface area (Å²) in [4.78, 5) is 22.4. The van der Waals surface area contributed by atoms with Crippen LogP contribution in [-0.2, 0) is 22.5 Å². The molecule has 1 N–H and O–H groups in total. The van der Waals surface area contributed by atoms with Crippen LogP contribution >= 0.6 is 0 Å². The van der Waals surface area contributed by atoms with Gasteiger partial charge < -0.3 is 14.4 Å². The minimum absolute atomic E-state index is 0.166. The van der Waals surface area contributed by atoms with Gasteiger partial charge in [0.15, 0.2) is 0 Å². The van der Waals surface area contributed by atoms with E-state index >= 15 is 0 Å². The zero-order valence-corrected chi connectivity index (χ0v) is 10.1. The van der Waals surface area contributed by atoms with Crippen molar-refractivity contribution in [3.8, 4) is 0 Å². The molecule has 0 radical (unpaired) electrons. The summed E-state index contributed by atoms with van der Waals surface area (Å²) in [6.07, 6.45) is 2.44. The standard InChI is InChI=1S/C12H17NO4/c1-3-6-13-7-5-9(12(16)17-4-2)10(13)8-11(14)15/h5,7H,3-4,6,8H2,1-2H3,(H,14,15). The topological polar surface area (TPSA) is 68.5 Å². The number of carbonyl (C=O) groups is 2. The summed E-state index contributed by atoms with van der Waals surface area (Å²) in [6, 6.07) is 1.62. The second-order valence-electron chi connectivity index (χ2n) is 3.66. The summed E-state index contributed by atoms with van der Waals surface area (Å²) in [6.45, 7) is 4.69. The van der Waals surface area contributed by atoms with Crippen molar-refractivity contribution >= 4 is 11.9 Å². The second-order valence-corrected chi connectivity index (χ2v) is 3.66. The van der Waals surface area contributed by atoms with Gasteiger partial charge in [-0.05, 0) is 19.4 Å². The summed E-state index contributed by atoms with van der Waals surface area (Å²) < 4.78 is 6.69. The molecule has 94 valence electrons. The van der Waals surface area contributed by atoms with Gasteiger partial charge in [0.05, 0.1) is 18.6 Å². The smallest absolute Gasteiger partial charge is 0.339 e. The van der Waals surface area contributed by atoms with Crippen molar-refractivity contribution in [2.24, 2.45) is 0 Å². The van der Waals surface area contributed by atoms with Crippen LogP contribution in [0, 0.1) is 0 Å². The fourth-order valence-corrected chi connectivity index (χ4v) is 1.69. The Morgan fingerprint density at radius 1 is 1.41 bits per heavy atom. The van der Waals surface area contributed by atoms with E-state index in [1.54, 1.807) is 23.8 Å². The normalized spacial score (nSPS) is 10.2. The lowest BCUT2D eigenvalue weighted by Gasteiger charge is -2.08. The first kappa shape index (κ1) is 13.3. The molecule has 0 aromatic carbocycles. The number of hydrogen-bond donors (Lipinski definition) is 1. The predicted octanol–water partition coefficient (Wildman–Crippen LogP) is 1.70.